The Hall–Kier alpha value is -5.16. The standard InChI is InChI=1S/C30H26FN9O/c1-39-9-11-40(12-10-39)29-27-24(7-8-33-29)35-28(36-27)26-22-14-21(23(31)15-25(22)37-38-26)19-13-20(17-32-16-19)34-30(41)18-5-3-2-4-6-18/h2-8,13-17H,9-12H2,1H3,(H,34,41)(H,35,36)(H,37,38). The molecule has 6 aromatic rings. The molecule has 10 nitrogen and oxygen atoms in total. The Morgan fingerprint density at radius 1 is 1.00 bits per heavy atom. The average Bonchev–Trinajstić information content (AvgIpc) is 3.61. The number of piperazine rings is 1. The van der Waals surface area contributed by atoms with Crippen LogP contribution in [0, 0.1) is 5.82 Å². The number of hydrogen-bond donors (Lipinski definition) is 3. The van der Waals surface area contributed by atoms with E-state index in [9.17, 15) is 4.79 Å². The Morgan fingerprint density at radius 3 is 2.66 bits per heavy atom. The maximum absolute atomic E-state index is 15.3. The van der Waals surface area contributed by atoms with Crippen LogP contribution in [0.4, 0.5) is 15.9 Å². The second kappa shape index (κ2) is 10.1. The van der Waals surface area contributed by atoms with Gasteiger partial charge in [-0.1, -0.05) is 18.2 Å². The summed E-state index contributed by atoms with van der Waals surface area (Å²) < 4.78 is 15.3. The van der Waals surface area contributed by atoms with Crippen molar-refractivity contribution >= 4 is 39.3 Å². The third-order valence-electron chi connectivity index (χ3n) is 7.40. The molecule has 41 heavy (non-hydrogen) atoms. The fourth-order valence-electron chi connectivity index (χ4n) is 5.17. The van der Waals surface area contributed by atoms with Crippen molar-refractivity contribution in [2.75, 3.05) is 43.4 Å². The van der Waals surface area contributed by atoms with Crippen molar-refractivity contribution in [3.8, 4) is 22.6 Å². The van der Waals surface area contributed by atoms with Crippen LogP contribution in [-0.2, 0) is 0 Å². The summed E-state index contributed by atoms with van der Waals surface area (Å²) in [6, 6.07) is 15.6. The molecule has 1 aliphatic rings. The predicted molar refractivity (Wildman–Crippen MR) is 156 cm³/mol. The molecule has 0 bridgehead atoms. The summed E-state index contributed by atoms with van der Waals surface area (Å²) in [7, 11) is 2.12. The zero-order chi connectivity index (χ0) is 27.9. The zero-order valence-corrected chi connectivity index (χ0v) is 22.2. The molecule has 3 N–H and O–H groups in total. The molecule has 0 spiro atoms. The number of nitrogens with one attached hydrogen (secondary N) is 3. The third kappa shape index (κ3) is 4.66. The summed E-state index contributed by atoms with van der Waals surface area (Å²) in [5.74, 6) is 0.694. The van der Waals surface area contributed by atoms with Crippen LogP contribution in [0.15, 0.2) is 73.2 Å². The van der Waals surface area contributed by atoms with E-state index in [0.29, 0.717) is 44.8 Å². The largest absolute Gasteiger partial charge is 0.352 e. The van der Waals surface area contributed by atoms with Gasteiger partial charge in [0.15, 0.2) is 11.6 Å². The van der Waals surface area contributed by atoms with E-state index in [1.54, 1.807) is 48.8 Å². The van der Waals surface area contributed by atoms with E-state index in [0.717, 1.165) is 43.0 Å². The predicted octanol–water partition coefficient (Wildman–Crippen LogP) is 4.71. The van der Waals surface area contributed by atoms with E-state index in [4.69, 9.17) is 4.98 Å². The number of pyridine rings is 2. The van der Waals surface area contributed by atoms with Crippen molar-refractivity contribution in [3.05, 3.63) is 84.6 Å². The van der Waals surface area contributed by atoms with Crippen LogP contribution in [-0.4, -0.2) is 74.2 Å². The number of hydrogen-bond acceptors (Lipinski definition) is 7. The number of fused-ring (bicyclic) bond motifs is 2. The number of amides is 1. The van der Waals surface area contributed by atoms with E-state index in [1.807, 2.05) is 12.1 Å². The SMILES string of the molecule is CN1CCN(c2nccc3[nH]c(-c4n[nH]c5cc(F)c(-c6cncc(NC(=O)c7ccccc7)c6)cc45)nc23)CC1. The molecule has 1 amide bonds. The molecule has 11 heteroatoms. The first-order chi connectivity index (χ1) is 20.0. The van der Waals surface area contributed by atoms with Gasteiger partial charge in [0.05, 0.1) is 22.9 Å². The lowest BCUT2D eigenvalue weighted by Crippen LogP contribution is -2.44. The molecule has 0 aliphatic carbocycles. The number of imidazole rings is 1. The van der Waals surface area contributed by atoms with Gasteiger partial charge < -0.3 is 20.1 Å². The number of rotatable bonds is 5. The highest BCUT2D eigenvalue weighted by Crippen LogP contribution is 2.34. The molecule has 1 saturated heterocycles. The van der Waals surface area contributed by atoms with Crippen molar-refractivity contribution in [2.45, 2.75) is 0 Å². The molecule has 5 heterocycles. The fourth-order valence-corrected chi connectivity index (χ4v) is 5.17. The minimum atomic E-state index is -0.438. The molecule has 0 radical (unpaired) electrons. The minimum Gasteiger partial charge on any atom is -0.352 e. The second-order valence-electron chi connectivity index (χ2n) is 10.1. The molecule has 7 rings (SSSR count). The Morgan fingerprint density at radius 2 is 1.83 bits per heavy atom. The van der Waals surface area contributed by atoms with Gasteiger partial charge in [-0.05, 0) is 37.4 Å². The van der Waals surface area contributed by atoms with Gasteiger partial charge in [-0.15, -0.1) is 0 Å². The first-order valence-corrected chi connectivity index (χ1v) is 13.3. The molecule has 0 atom stereocenters. The lowest BCUT2D eigenvalue weighted by molar-refractivity contribution is 0.102. The Bertz CT molecular complexity index is 1890. The van der Waals surface area contributed by atoms with Crippen molar-refractivity contribution in [3.63, 3.8) is 0 Å². The highest BCUT2D eigenvalue weighted by atomic mass is 19.1. The highest BCUT2D eigenvalue weighted by molar-refractivity contribution is 6.04. The molecular weight excluding hydrogens is 521 g/mol. The number of carbonyl (C=O) groups excluding carboxylic acids is 1. The van der Waals surface area contributed by atoms with Crippen molar-refractivity contribution < 1.29 is 9.18 Å². The maximum atomic E-state index is 15.3. The smallest absolute Gasteiger partial charge is 0.255 e. The van der Waals surface area contributed by atoms with Crippen molar-refractivity contribution in [2.24, 2.45) is 0 Å². The molecule has 1 fully saturated rings. The van der Waals surface area contributed by atoms with Gasteiger partial charge in [-0.3, -0.25) is 14.9 Å². The maximum Gasteiger partial charge on any atom is 0.255 e. The first kappa shape index (κ1) is 24.9. The molecule has 1 aliphatic heterocycles. The van der Waals surface area contributed by atoms with E-state index < -0.39 is 5.82 Å². The van der Waals surface area contributed by atoms with Gasteiger partial charge in [0, 0.05) is 66.7 Å². The van der Waals surface area contributed by atoms with Crippen LogP contribution in [0.1, 0.15) is 10.4 Å². The topological polar surface area (TPSA) is 119 Å². The third-order valence-corrected chi connectivity index (χ3v) is 7.40. The van der Waals surface area contributed by atoms with Crippen LogP contribution < -0.4 is 10.2 Å². The number of anilines is 2. The molecular formula is C30H26FN9O. The quantitative estimate of drug-likeness (QED) is 0.286. The normalized spacial score (nSPS) is 14.1. The lowest BCUT2D eigenvalue weighted by atomic mass is 10.0. The highest BCUT2D eigenvalue weighted by Gasteiger charge is 2.22. The lowest BCUT2D eigenvalue weighted by Gasteiger charge is -2.33. The van der Waals surface area contributed by atoms with E-state index in [1.165, 1.54) is 12.3 Å². The van der Waals surface area contributed by atoms with Crippen LogP contribution in [0.5, 0.6) is 0 Å². The van der Waals surface area contributed by atoms with Crippen LogP contribution in [0.25, 0.3) is 44.6 Å². The van der Waals surface area contributed by atoms with Crippen LogP contribution >= 0.6 is 0 Å². The van der Waals surface area contributed by atoms with Gasteiger partial charge in [0.2, 0.25) is 0 Å². The second-order valence-corrected chi connectivity index (χ2v) is 10.1. The minimum absolute atomic E-state index is 0.270. The monoisotopic (exact) mass is 547 g/mol. The summed E-state index contributed by atoms with van der Waals surface area (Å²) in [6.45, 7) is 3.66. The number of aromatic nitrogens is 6. The molecule has 4 aromatic heterocycles. The molecule has 2 aromatic carbocycles. The summed E-state index contributed by atoms with van der Waals surface area (Å²) in [4.78, 5) is 34.3. The van der Waals surface area contributed by atoms with Gasteiger partial charge in [-0.2, -0.15) is 5.10 Å². The number of nitrogens with zero attached hydrogens (tertiary/aromatic N) is 6. The van der Waals surface area contributed by atoms with Crippen LogP contribution in [0.3, 0.4) is 0 Å². The van der Waals surface area contributed by atoms with E-state index in [2.05, 4.69) is 47.3 Å². The van der Waals surface area contributed by atoms with Crippen molar-refractivity contribution in [1.82, 2.24) is 35.0 Å². The molecule has 0 saturated carbocycles. The fraction of sp³-hybridized carbons (Fsp3) is 0.167. The van der Waals surface area contributed by atoms with Crippen LogP contribution in [0.2, 0.25) is 0 Å². The Kier molecular flexibility index (Phi) is 6.12. The number of aromatic amines is 2. The van der Waals surface area contributed by atoms with Crippen molar-refractivity contribution in [1.29, 1.82) is 0 Å². The number of halogens is 1. The molecule has 204 valence electrons. The van der Waals surface area contributed by atoms with E-state index in [-0.39, 0.29) is 5.91 Å². The number of benzene rings is 2. The Labute approximate surface area is 234 Å². The number of carbonyl (C=O) groups is 1. The van der Waals surface area contributed by atoms with E-state index >= 15 is 4.39 Å². The van der Waals surface area contributed by atoms with Gasteiger partial charge >= 0.3 is 0 Å². The Balaban J connectivity index is 1.24. The molecule has 0 unspecified atom stereocenters. The number of H-pyrrole nitrogens is 2. The van der Waals surface area contributed by atoms with Gasteiger partial charge in [0.25, 0.3) is 5.91 Å². The summed E-state index contributed by atoms with van der Waals surface area (Å²) in [6.07, 6.45) is 4.88. The first-order valence-electron chi connectivity index (χ1n) is 13.3. The summed E-state index contributed by atoms with van der Waals surface area (Å²) in [5.41, 5.74) is 4.58. The van der Waals surface area contributed by atoms with Gasteiger partial charge in [0.1, 0.15) is 17.0 Å². The zero-order valence-electron chi connectivity index (χ0n) is 22.2. The summed E-state index contributed by atoms with van der Waals surface area (Å²) in [5, 5.41) is 11.0. The van der Waals surface area contributed by atoms with Gasteiger partial charge in [-0.25, -0.2) is 14.4 Å². The number of likely N-dealkylation sites (N-methyl/N-ethyl adjacent to an activating group) is 1. The average molecular weight is 548 g/mol. The summed E-state index contributed by atoms with van der Waals surface area (Å²) >= 11 is 0.